The van der Waals surface area contributed by atoms with E-state index in [1.807, 2.05) is 6.92 Å². The molecule has 106 valence electrons. The van der Waals surface area contributed by atoms with E-state index in [-0.39, 0.29) is 11.5 Å². The molecule has 1 aromatic heterocycles. The number of aliphatic hydroxyl groups is 1. The van der Waals surface area contributed by atoms with Crippen LogP contribution in [0.3, 0.4) is 0 Å². The van der Waals surface area contributed by atoms with Crippen LogP contribution in [0.1, 0.15) is 26.7 Å². The second-order valence-electron chi connectivity index (χ2n) is 4.18. The molecule has 8 nitrogen and oxygen atoms in total. The summed E-state index contributed by atoms with van der Waals surface area (Å²) in [5.74, 6) is 0.520. The number of nitrogens with zero attached hydrogens (tertiary/aromatic N) is 3. The molecular weight excluding hydrogens is 250 g/mol. The van der Waals surface area contributed by atoms with Gasteiger partial charge in [-0.05, 0) is 19.8 Å². The molecule has 0 bridgehead atoms. The highest BCUT2D eigenvalue weighted by atomic mass is 16.6. The number of aliphatic hydroxyl groups excluding tert-OH is 1. The highest BCUT2D eigenvalue weighted by Gasteiger charge is 2.16. The van der Waals surface area contributed by atoms with Crippen molar-refractivity contribution in [3.8, 4) is 0 Å². The van der Waals surface area contributed by atoms with Crippen LogP contribution in [0.25, 0.3) is 0 Å². The first kappa shape index (κ1) is 15.1. The number of rotatable bonds is 8. The average Bonchev–Trinajstić information content (AvgIpc) is 2.35. The van der Waals surface area contributed by atoms with Crippen LogP contribution in [0.15, 0.2) is 6.20 Å². The Bertz CT molecular complexity index is 425. The summed E-state index contributed by atoms with van der Waals surface area (Å²) >= 11 is 0. The predicted octanol–water partition coefficient (Wildman–Crippen LogP) is 1.39. The van der Waals surface area contributed by atoms with E-state index >= 15 is 0 Å². The first-order valence-electron chi connectivity index (χ1n) is 6.21. The van der Waals surface area contributed by atoms with E-state index in [1.54, 1.807) is 6.92 Å². The fraction of sp³-hybridized carbons (Fsp3) is 0.636. The molecule has 0 spiro atoms. The second-order valence-corrected chi connectivity index (χ2v) is 4.18. The zero-order chi connectivity index (χ0) is 14.3. The SMILES string of the molecule is CCCNc1ncc([N+](=O)[O-])c(NCCC(C)O)n1. The van der Waals surface area contributed by atoms with Crippen molar-refractivity contribution in [3.05, 3.63) is 16.3 Å². The van der Waals surface area contributed by atoms with Crippen molar-refractivity contribution in [2.24, 2.45) is 0 Å². The normalized spacial score (nSPS) is 11.9. The number of hydrogen-bond donors (Lipinski definition) is 3. The van der Waals surface area contributed by atoms with Gasteiger partial charge in [0.25, 0.3) is 0 Å². The van der Waals surface area contributed by atoms with Gasteiger partial charge in [-0.25, -0.2) is 4.98 Å². The monoisotopic (exact) mass is 269 g/mol. The molecule has 0 amide bonds. The molecule has 1 atom stereocenters. The lowest BCUT2D eigenvalue weighted by molar-refractivity contribution is -0.384. The molecule has 0 aliphatic rings. The number of aromatic nitrogens is 2. The van der Waals surface area contributed by atoms with Crippen LogP contribution in [0.5, 0.6) is 0 Å². The molecule has 0 fully saturated rings. The maximum absolute atomic E-state index is 10.9. The van der Waals surface area contributed by atoms with Gasteiger partial charge >= 0.3 is 5.69 Å². The van der Waals surface area contributed by atoms with E-state index in [4.69, 9.17) is 5.11 Å². The summed E-state index contributed by atoms with van der Waals surface area (Å²) in [6.07, 6.45) is 2.10. The summed E-state index contributed by atoms with van der Waals surface area (Å²) in [5.41, 5.74) is -0.173. The summed E-state index contributed by atoms with van der Waals surface area (Å²) in [4.78, 5) is 18.3. The van der Waals surface area contributed by atoms with Gasteiger partial charge in [0.15, 0.2) is 0 Å². The molecule has 0 radical (unpaired) electrons. The molecular formula is C11H19N5O3. The lowest BCUT2D eigenvalue weighted by atomic mass is 10.3. The largest absolute Gasteiger partial charge is 0.393 e. The number of nitrogens with one attached hydrogen (secondary N) is 2. The number of hydrogen-bond acceptors (Lipinski definition) is 7. The van der Waals surface area contributed by atoms with Gasteiger partial charge in [-0.15, -0.1) is 0 Å². The highest BCUT2D eigenvalue weighted by molar-refractivity contribution is 5.56. The third-order valence-corrected chi connectivity index (χ3v) is 2.35. The lowest BCUT2D eigenvalue weighted by Crippen LogP contribution is -2.13. The Kier molecular flexibility index (Phi) is 5.94. The van der Waals surface area contributed by atoms with Crippen LogP contribution in [-0.4, -0.2) is 39.2 Å². The standard InChI is InChI=1S/C11H19N5O3/c1-3-5-13-11-14-7-9(16(18)19)10(15-11)12-6-4-8(2)17/h7-8,17H,3-6H2,1-2H3,(H2,12,13,14,15). The van der Waals surface area contributed by atoms with E-state index in [0.29, 0.717) is 25.5 Å². The third kappa shape index (κ3) is 5.04. The minimum Gasteiger partial charge on any atom is -0.393 e. The van der Waals surface area contributed by atoms with Crippen molar-refractivity contribution in [3.63, 3.8) is 0 Å². The molecule has 0 aliphatic heterocycles. The second kappa shape index (κ2) is 7.47. The minimum atomic E-state index is -0.533. The average molecular weight is 269 g/mol. The van der Waals surface area contributed by atoms with Gasteiger partial charge in [0, 0.05) is 13.1 Å². The van der Waals surface area contributed by atoms with Crippen molar-refractivity contribution in [2.75, 3.05) is 23.7 Å². The van der Waals surface area contributed by atoms with Crippen LogP contribution in [-0.2, 0) is 0 Å². The lowest BCUT2D eigenvalue weighted by Gasteiger charge is -2.09. The molecule has 1 aromatic rings. The van der Waals surface area contributed by atoms with Crippen molar-refractivity contribution >= 4 is 17.5 Å². The smallest absolute Gasteiger partial charge is 0.329 e. The molecule has 0 saturated carbocycles. The van der Waals surface area contributed by atoms with Crippen LogP contribution >= 0.6 is 0 Å². The van der Waals surface area contributed by atoms with Crippen molar-refractivity contribution in [1.29, 1.82) is 0 Å². The first-order chi connectivity index (χ1) is 9.04. The number of anilines is 2. The summed E-state index contributed by atoms with van der Waals surface area (Å²) < 4.78 is 0. The Labute approximate surface area is 111 Å². The van der Waals surface area contributed by atoms with Gasteiger partial charge in [0.05, 0.1) is 11.0 Å². The molecule has 0 aromatic carbocycles. The summed E-state index contributed by atoms with van der Waals surface area (Å²) in [6.45, 7) is 4.76. The van der Waals surface area contributed by atoms with Crippen LogP contribution in [0.2, 0.25) is 0 Å². The fourth-order valence-electron chi connectivity index (χ4n) is 1.36. The Balaban J connectivity index is 2.79. The Morgan fingerprint density at radius 2 is 2.21 bits per heavy atom. The summed E-state index contributed by atoms with van der Waals surface area (Å²) in [7, 11) is 0. The fourth-order valence-corrected chi connectivity index (χ4v) is 1.36. The van der Waals surface area contributed by atoms with Crippen molar-refractivity contribution in [2.45, 2.75) is 32.8 Å². The van der Waals surface area contributed by atoms with Crippen LogP contribution in [0, 0.1) is 10.1 Å². The van der Waals surface area contributed by atoms with E-state index in [0.717, 1.165) is 6.42 Å². The molecule has 19 heavy (non-hydrogen) atoms. The van der Waals surface area contributed by atoms with Gasteiger partial charge in [-0.2, -0.15) is 4.98 Å². The zero-order valence-corrected chi connectivity index (χ0v) is 11.1. The van der Waals surface area contributed by atoms with Gasteiger partial charge in [0.2, 0.25) is 11.8 Å². The van der Waals surface area contributed by atoms with E-state index in [2.05, 4.69) is 20.6 Å². The zero-order valence-electron chi connectivity index (χ0n) is 11.1. The van der Waals surface area contributed by atoms with Gasteiger partial charge in [-0.3, -0.25) is 10.1 Å². The molecule has 0 saturated heterocycles. The highest BCUT2D eigenvalue weighted by Crippen LogP contribution is 2.21. The van der Waals surface area contributed by atoms with Crippen molar-refractivity contribution in [1.82, 2.24) is 9.97 Å². The molecule has 1 rings (SSSR count). The molecule has 1 unspecified atom stereocenters. The van der Waals surface area contributed by atoms with E-state index in [9.17, 15) is 10.1 Å². The predicted molar refractivity (Wildman–Crippen MR) is 72.3 cm³/mol. The third-order valence-electron chi connectivity index (χ3n) is 2.35. The summed E-state index contributed by atoms with van der Waals surface area (Å²) in [5, 5.41) is 25.8. The summed E-state index contributed by atoms with van der Waals surface area (Å²) in [6, 6.07) is 0. The van der Waals surface area contributed by atoms with E-state index < -0.39 is 11.0 Å². The van der Waals surface area contributed by atoms with Gasteiger partial charge in [0.1, 0.15) is 6.20 Å². The van der Waals surface area contributed by atoms with Gasteiger partial charge < -0.3 is 15.7 Å². The molecule has 3 N–H and O–H groups in total. The first-order valence-corrected chi connectivity index (χ1v) is 6.21. The van der Waals surface area contributed by atoms with Gasteiger partial charge in [-0.1, -0.05) is 6.92 Å². The molecule has 1 heterocycles. The number of nitro groups is 1. The molecule has 8 heteroatoms. The van der Waals surface area contributed by atoms with Crippen LogP contribution < -0.4 is 10.6 Å². The quantitative estimate of drug-likeness (QED) is 0.482. The topological polar surface area (TPSA) is 113 Å². The maximum atomic E-state index is 10.9. The van der Waals surface area contributed by atoms with Crippen LogP contribution in [0.4, 0.5) is 17.5 Å². The van der Waals surface area contributed by atoms with Crippen molar-refractivity contribution < 1.29 is 10.0 Å². The van der Waals surface area contributed by atoms with E-state index in [1.165, 1.54) is 6.20 Å². The molecule has 0 aliphatic carbocycles. The Morgan fingerprint density at radius 3 is 2.79 bits per heavy atom. The Morgan fingerprint density at radius 1 is 1.47 bits per heavy atom. The minimum absolute atomic E-state index is 0.166. The Hall–Kier alpha value is -1.96. The maximum Gasteiger partial charge on any atom is 0.329 e.